The van der Waals surface area contributed by atoms with E-state index in [2.05, 4.69) is 10.6 Å². The van der Waals surface area contributed by atoms with E-state index < -0.39 is 5.41 Å². The van der Waals surface area contributed by atoms with Crippen molar-refractivity contribution in [3.8, 4) is 0 Å². The minimum atomic E-state index is -0.636. The van der Waals surface area contributed by atoms with Crippen LogP contribution >= 0.6 is 11.6 Å². The minimum absolute atomic E-state index is 0.0548. The predicted octanol–water partition coefficient (Wildman–Crippen LogP) is 1.87. The number of carbonyl (C=O) groups excluding carboxylic acids is 2. The topological polar surface area (TPSA) is 58.2 Å². The molecule has 0 fully saturated rings. The number of hydrogen-bond donors (Lipinski definition) is 2. The highest BCUT2D eigenvalue weighted by atomic mass is 35.5. The number of amides is 2. The summed E-state index contributed by atoms with van der Waals surface area (Å²) < 4.78 is 0. The fourth-order valence-electron chi connectivity index (χ4n) is 1.68. The zero-order valence-electron chi connectivity index (χ0n) is 11.2. The molecule has 104 valence electrons. The number of rotatable bonds is 7. The number of benzene rings is 1. The summed E-state index contributed by atoms with van der Waals surface area (Å²) in [5, 5.41) is 6.03. The third kappa shape index (κ3) is 4.56. The van der Waals surface area contributed by atoms with E-state index in [9.17, 15) is 9.59 Å². The second kappa shape index (κ2) is 7.14. The van der Waals surface area contributed by atoms with Crippen molar-refractivity contribution in [1.82, 2.24) is 10.6 Å². The molecule has 0 atom stereocenters. The maximum Gasteiger partial charge on any atom is 0.230 e. The zero-order valence-corrected chi connectivity index (χ0v) is 12.0. The molecule has 1 aromatic rings. The van der Waals surface area contributed by atoms with Gasteiger partial charge in [-0.3, -0.25) is 9.59 Å². The second-order valence-electron chi connectivity index (χ2n) is 4.82. The molecule has 0 radical (unpaired) electrons. The van der Waals surface area contributed by atoms with Crippen LogP contribution in [0.25, 0.3) is 0 Å². The molecular weight excluding hydrogens is 264 g/mol. The summed E-state index contributed by atoms with van der Waals surface area (Å²) in [7, 11) is 0. The molecule has 4 nitrogen and oxygen atoms in total. The molecule has 0 aliphatic carbocycles. The molecule has 1 rings (SSSR count). The Labute approximate surface area is 118 Å². The van der Waals surface area contributed by atoms with E-state index in [-0.39, 0.29) is 5.91 Å². The van der Waals surface area contributed by atoms with E-state index in [1.165, 1.54) is 0 Å². The Morgan fingerprint density at radius 3 is 2.74 bits per heavy atom. The van der Waals surface area contributed by atoms with Gasteiger partial charge in [0, 0.05) is 18.1 Å². The normalized spacial score (nSPS) is 10.9. The van der Waals surface area contributed by atoms with E-state index >= 15 is 0 Å². The molecule has 2 amide bonds. The lowest BCUT2D eigenvalue weighted by Gasteiger charge is -2.24. The average molecular weight is 283 g/mol. The fraction of sp³-hybridized carbons (Fsp3) is 0.429. The molecule has 0 spiro atoms. The van der Waals surface area contributed by atoms with E-state index in [4.69, 9.17) is 11.6 Å². The van der Waals surface area contributed by atoms with Crippen LogP contribution in [0.3, 0.4) is 0 Å². The largest absolute Gasteiger partial charge is 0.359 e. The minimum Gasteiger partial charge on any atom is -0.359 e. The van der Waals surface area contributed by atoms with Crippen LogP contribution in [-0.4, -0.2) is 25.4 Å². The molecule has 0 aromatic heterocycles. The van der Waals surface area contributed by atoms with Crippen molar-refractivity contribution < 1.29 is 9.59 Å². The number of halogens is 1. The van der Waals surface area contributed by atoms with Gasteiger partial charge in [0.1, 0.15) is 0 Å². The molecule has 2 N–H and O–H groups in total. The Morgan fingerprint density at radius 2 is 2.11 bits per heavy atom. The van der Waals surface area contributed by atoms with Gasteiger partial charge in [0.05, 0.1) is 5.41 Å². The zero-order chi connectivity index (χ0) is 14.3. The van der Waals surface area contributed by atoms with Crippen molar-refractivity contribution in [3.63, 3.8) is 0 Å². The highest BCUT2D eigenvalue weighted by molar-refractivity contribution is 6.30. The molecule has 0 saturated carbocycles. The van der Waals surface area contributed by atoms with Crippen LogP contribution in [-0.2, 0) is 15.0 Å². The first kappa shape index (κ1) is 15.5. The molecule has 1 aromatic carbocycles. The maximum atomic E-state index is 12.2. The van der Waals surface area contributed by atoms with Crippen LogP contribution in [0.1, 0.15) is 25.8 Å². The highest BCUT2D eigenvalue weighted by Gasteiger charge is 2.29. The second-order valence-corrected chi connectivity index (χ2v) is 5.25. The maximum absolute atomic E-state index is 12.2. The summed E-state index contributed by atoms with van der Waals surface area (Å²) in [4.78, 5) is 22.2. The predicted molar refractivity (Wildman–Crippen MR) is 76.2 cm³/mol. The molecular formula is C14H19ClN2O2. The lowest BCUT2D eigenvalue weighted by atomic mass is 9.84. The SMILES string of the molecule is CC(C)(C(=O)NCCCNC=O)c1cccc(Cl)c1. The smallest absolute Gasteiger partial charge is 0.230 e. The van der Waals surface area contributed by atoms with Gasteiger partial charge in [-0.1, -0.05) is 23.7 Å². The van der Waals surface area contributed by atoms with Gasteiger partial charge in [-0.15, -0.1) is 0 Å². The van der Waals surface area contributed by atoms with Crippen LogP contribution in [0.4, 0.5) is 0 Å². The Balaban J connectivity index is 2.56. The lowest BCUT2D eigenvalue weighted by Crippen LogP contribution is -2.41. The highest BCUT2D eigenvalue weighted by Crippen LogP contribution is 2.25. The number of nitrogens with one attached hydrogen (secondary N) is 2. The number of carbonyl (C=O) groups is 2. The van der Waals surface area contributed by atoms with Crippen LogP contribution in [0, 0.1) is 0 Å². The standard InChI is InChI=1S/C14H19ClN2O2/c1-14(2,11-5-3-6-12(15)9-11)13(19)17-8-4-7-16-10-18/h3,5-6,9-10H,4,7-8H2,1-2H3,(H,16,18)(H,17,19). The van der Waals surface area contributed by atoms with Crippen molar-refractivity contribution >= 4 is 23.9 Å². The van der Waals surface area contributed by atoms with Crippen molar-refractivity contribution in [2.45, 2.75) is 25.7 Å². The first-order valence-electron chi connectivity index (χ1n) is 6.20. The molecule has 19 heavy (non-hydrogen) atoms. The van der Waals surface area contributed by atoms with Gasteiger partial charge >= 0.3 is 0 Å². The molecule has 0 heterocycles. The summed E-state index contributed by atoms with van der Waals surface area (Å²) in [6, 6.07) is 7.30. The van der Waals surface area contributed by atoms with Gasteiger partial charge in [0.2, 0.25) is 12.3 Å². The monoisotopic (exact) mass is 282 g/mol. The average Bonchev–Trinajstić information content (AvgIpc) is 2.38. The molecule has 5 heteroatoms. The summed E-state index contributed by atoms with van der Waals surface area (Å²) in [5.74, 6) is -0.0548. The Morgan fingerprint density at radius 1 is 1.37 bits per heavy atom. The first-order chi connectivity index (χ1) is 8.98. The summed E-state index contributed by atoms with van der Waals surface area (Å²) >= 11 is 5.94. The third-order valence-electron chi connectivity index (χ3n) is 2.98. The van der Waals surface area contributed by atoms with Gasteiger partial charge in [0.15, 0.2) is 0 Å². The van der Waals surface area contributed by atoms with E-state index in [1.54, 1.807) is 12.1 Å². The van der Waals surface area contributed by atoms with Crippen LogP contribution in [0.5, 0.6) is 0 Å². The molecule has 0 aliphatic heterocycles. The lowest BCUT2D eigenvalue weighted by molar-refractivity contribution is -0.125. The Hall–Kier alpha value is -1.55. The van der Waals surface area contributed by atoms with Crippen molar-refractivity contribution in [2.24, 2.45) is 0 Å². The Bertz CT molecular complexity index is 447. The van der Waals surface area contributed by atoms with Gasteiger partial charge < -0.3 is 10.6 Å². The quantitative estimate of drug-likeness (QED) is 0.592. The molecule has 0 saturated heterocycles. The number of hydrogen-bond acceptors (Lipinski definition) is 2. The van der Waals surface area contributed by atoms with E-state index in [0.717, 1.165) is 5.56 Å². The first-order valence-corrected chi connectivity index (χ1v) is 6.57. The third-order valence-corrected chi connectivity index (χ3v) is 3.22. The van der Waals surface area contributed by atoms with Crippen LogP contribution in [0.2, 0.25) is 5.02 Å². The Kier molecular flexibility index (Phi) is 5.83. The van der Waals surface area contributed by atoms with Crippen LogP contribution < -0.4 is 10.6 Å². The molecule has 0 aliphatic rings. The van der Waals surface area contributed by atoms with Crippen molar-refractivity contribution in [2.75, 3.05) is 13.1 Å². The summed E-state index contributed by atoms with van der Waals surface area (Å²) in [6.45, 7) is 4.81. The fourth-order valence-corrected chi connectivity index (χ4v) is 1.87. The summed E-state index contributed by atoms with van der Waals surface area (Å²) in [6.07, 6.45) is 1.35. The molecule has 0 unspecified atom stereocenters. The van der Waals surface area contributed by atoms with Crippen molar-refractivity contribution in [1.29, 1.82) is 0 Å². The van der Waals surface area contributed by atoms with Gasteiger partial charge in [0.25, 0.3) is 0 Å². The van der Waals surface area contributed by atoms with Gasteiger partial charge in [-0.05, 0) is 38.0 Å². The van der Waals surface area contributed by atoms with Crippen molar-refractivity contribution in [3.05, 3.63) is 34.9 Å². The van der Waals surface area contributed by atoms with Crippen LogP contribution in [0.15, 0.2) is 24.3 Å². The van der Waals surface area contributed by atoms with E-state index in [1.807, 2.05) is 26.0 Å². The van der Waals surface area contributed by atoms with Gasteiger partial charge in [-0.25, -0.2) is 0 Å². The summed E-state index contributed by atoms with van der Waals surface area (Å²) in [5.41, 5.74) is 0.242. The molecule has 0 bridgehead atoms. The van der Waals surface area contributed by atoms with Gasteiger partial charge in [-0.2, -0.15) is 0 Å². The van der Waals surface area contributed by atoms with E-state index in [0.29, 0.717) is 30.9 Å².